The molecular weight excluding hydrogens is 100 g/mol. The molecular formula is C6H13N2+. The summed E-state index contributed by atoms with van der Waals surface area (Å²) in [5, 5.41) is 8.12. The Kier molecular flexibility index (Phi) is 4.29. The summed E-state index contributed by atoms with van der Waals surface area (Å²) in [5.41, 5.74) is 0. The topological polar surface area (TPSA) is 28.2 Å². The minimum absolute atomic E-state index is 0.700. The first-order chi connectivity index (χ1) is 3.77. The van der Waals surface area contributed by atoms with Crippen molar-refractivity contribution in [3.63, 3.8) is 0 Å². The minimum atomic E-state index is 0.700. The zero-order valence-corrected chi connectivity index (χ0v) is 5.57. The highest BCUT2D eigenvalue weighted by molar-refractivity contribution is 4.66. The Bertz CT molecular complexity index is 81.0. The first-order valence-corrected chi connectivity index (χ1v) is 2.93. The number of nitrogens with zero attached hydrogens (tertiary/aromatic N) is 1. The first-order valence-electron chi connectivity index (χ1n) is 2.93. The smallest absolute Gasteiger partial charge is 0.0776 e. The second-order valence-electron chi connectivity index (χ2n) is 2.22. The third-order valence-electron chi connectivity index (χ3n) is 0.965. The summed E-state index contributed by atoms with van der Waals surface area (Å²) < 4.78 is 0. The summed E-state index contributed by atoms with van der Waals surface area (Å²) >= 11 is 0. The summed E-state index contributed by atoms with van der Waals surface area (Å²) in [6, 6.07) is 2.11. The standard InChI is InChI=1S/C6H12N2/c1-8(2)6-4-3-5-7/h3-4,6H2,1-2H3/p+1. The molecule has 2 nitrogen and oxygen atoms in total. The molecule has 0 saturated heterocycles. The van der Waals surface area contributed by atoms with Gasteiger partial charge in [0.1, 0.15) is 0 Å². The molecule has 0 aliphatic heterocycles. The molecule has 0 bridgehead atoms. The van der Waals surface area contributed by atoms with Crippen molar-refractivity contribution in [2.45, 2.75) is 12.8 Å². The third-order valence-corrected chi connectivity index (χ3v) is 0.965. The van der Waals surface area contributed by atoms with E-state index in [1.807, 2.05) is 0 Å². The van der Waals surface area contributed by atoms with Crippen molar-refractivity contribution < 1.29 is 4.90 Å². The monoisotopic (exact) mass is 113 g/mol. The lowest BCUT2D eigenvalue weighted by Crippen LogP contribution is -3.05. The molecule has 0 rings (SSSR count). The van der Waals surface area contributed by atoms with Crippen LogP contribution in [0.1, 0.15) is 12.8 Å². The third kappa shape index (κ3) is 5.45. The van der Waals surface area contributed by atoms with Crippen molar-refractivity contribution in [2.24, 2.45) is 0 Å². The Morgan fingerprint density at radius 3 is 2.50 bits per heavy atom. The number of rotatable bonds is 3. The van der Waals surface area contributed by atoms with Gasteiger partial charge in [0.05, 0.1) is 26.7 Å². The van der Waals surface area contributed by atoms with Crippen molar-refractivity contribution in [1.82, 2.24) is 0 Å². The Hall–Kier alpha value is -0.550. The van der Waals surface area contributed by atoms with E-state index >= 15 is 0 Å². The van der Waals surface area contributed by atoms with Crippen LogP contribution in [-0.2, 0) is 0 Å². The van der Waals surface area contributed by atoms with Gasteiger partial charge in [0.25, 0.3) is 0 Å². The van der Waals surface area contributed by atoms with E-state index in [0.29, 0.717) is 6.42 Å². The summed E-state index contributed by atoms with van der Waals surface area (Å²) in [6.45, 7) is 1.10. The van der Waals surface area contributed by atoms with E-state index in [4.69, 9.17) is 5.26 Å². The van der Waals surface area contributed by atoms with Crippen LogP contribution in [0.5, 0.6) is 0 Å². The number of nitriles is 1. The molecule has 0 fully saturated rings. The number of hydrogen-bond acceptors (Lipinski definition) is 1. The molecule has 0 atom stereocenters. The van der Waals surface area contributed by atoms with E-state index in [1.165, 1.54) is 4.90 Å². The molecule has 1 N–H and O–H groups in total. The van der Waals surface area contributed by atoms with Gasteiger partial charge in [-0.3, -0.25) is 0 Å². The van der Waals surface area contributed by atoms with E-state index in [2.05, 4.69) is 20.2 Å². The maximum atomic E-state index is 8.12. The highest BCUT2D eigenvalue weighted by atomic mass is 15.0. The summed E-state index contributed by atoms with van der Waals surface area (Å²) in [7, 11) is 4.19. The van der Waals surface area contributed by atoms with Gasteiger partial charge in [-0.25, -0.2) is 0 Å². The van der Waals surface area contributed by atoms with Gasteiger partial charge in [0, 0.05) is 12.8 Å². The number of nitrogens with one attached hydrogen (secondary N) is 1. The Balaban J connectivity index is 2.85. The fourth-order valence-electron chi connectivity index (χ4n) is 0.521. The molecule has 0 saturated carbocycles. The zero-order chi connectivity index (χ0) is 6.41. The van der Waals surface area contributed by atoms with E-state index < -0.39 is 0 Å². The fraction of sp³-hybridized carbons (Fsp3) is 0.833. The average Bonchev–Trinajstić information content (AvgIpc) is 1.66. The van der Waals surface area contributed by atoms with Gasteiger partial charge in [-0.1, -0.05) is 0 Å². The molecule has 46 valence electrons. The molecule has 0 aromatic rings. The van der Waals surface area contributed by atoms with Crippen molar-refractivity contribution in [2.75, 3.05) is 20.6 Å². The Labute approximate surface area is 50.7 Å². The molecule has 0 aliphatic rings. The zero-order valence-electron chi connectivity index (χ0n) is 5.57. The molecule has 0 aliphatic carbocycles. The van der Waals surface area contributed by atoms with Gasteiger partial charge in [0.15, 0.2) is 0 Å². The van der Waals surface area contributed by atoms with Crippen LogP contribution in [0.3, 0.4) is 0 Å². The van der Waals surface area contributed by atoms with Crippen LogP contribution >= 0.6 is 0 Å². The van der Waals surface area contributed by atoms with Crippen LogP contribution in [0.2, 0.25) is 0 Å². The first kappa shape index (κ1) is 7.45. The van der Waals surface area contributed by atoms with Gasteiger partial charge < -0.3 is 4.90 Å². The molecule has 0 unspecified atom stereocenters. The highest BCUT2D eigenvalue weighted by Gasteiger charge is 1.89. The SMILES string of the molecule is C[NH+](C)CCCC#N. The van der Waals surface area contributed by atoms with Gasteiger partial charge in [-0.15, -0.1) is 0 Å². The van der Waals surface area contributed by atoms with Crippen LogP contribution in [-0.4, -0.2) is 20.6 Å². The Morgan fingerprint density at radius 1 is 1.50 bits per heavy atom. The van der Waals surface area contributed by atoms with Crippen molar-refractivity contribution in [1.29, 1.82) is 5.26 Å². The van der Waals surface area contributed by atoms with Gasteiger partial charge >= 0.3 is 0 Å². The number of unbranched alkanes of at least 4 members (excludes halogenated alkanes) is 1. The summed E-state index contributed by atoms with van der Waals surface area (Å²) in [5.74, 6) is 0. The minimum Gasteiger partial charge on any atom is -0.340 e. The van der Waals surface area contributed by atoms with Crippen LogP contribution in [0.25, 0.3) is 0 Å². The quantitative estimate of drug-likeness (QED) is 0.488. The maximum Gasteiger partial charge on any atom is 0.0776 e. The van der Waals surface area contributed by atoms with Crippen molar-refractivity contribution in [3.05, 3.63) is 0 Å². The molecule has 0 aromatic carbocycles. The lowest BCUT2D eigenvalue weighted by atomic mass is 10.3. The van der Waals surface area contributed by atoms with E-state index in [9.17, 15) is 0 Å². The predicted molar refractivity (Wildman–Crippen MR) is 32.5 cm³/mol. The summed E-state index contributed by atoms with van der Waals surface area (Å²) in [6.07, 6.45) is 1.73. The van der Waals surface area contributed by atoms with Crippen LogP contribution in [0.4, 0.5) is 0 Å². The van der Waals surface area contributed by atoms with E-state index in [0.717, 1.165) is 13.0 Å². The maximum absolute atomic E-state index is 8.12. The second kappa shape index (κ2) is 4.61. The molecule has 0 amide bonds. The molecule has 0 heterocycles. The predicted octanol–water partition coefficient (Wildman–Crippen LogP) is -0.565. The molecule has 0 radical (unpaired) electrons. The van der Waals surface area contributed by atoms with Crippen molar-refractivity contribution in [3.8, 4) is 6.07 Å². The van der Waals surface area contributed by atoms with Gasteiger partial charge in [-0.05, 0) is 0 Å². The summed E-state index contributed by atoms with van der Waals surface area (Å²) in [4.78, 5) is 1.42. The van der Waals surface area contributed by atoms with Crippen LogP contribution in [0, 0.1) is 11.3 Å². The average molecular weight is 113 g/mol. The van der Waals surface area contributed by atoms with Crippen molar-refractivity contribution >= 4 is 0 Å². The molecule has 0 aromatic heterocycles. The Morgan fingerprint density at radius 2 is 2.12 bits per heavy atom. The molecule has 2 heteroatoms. The largest absolute Gasteiger partial charge is 0.340 e. The number of hydrogen-bond donors (Lipinski definition) is 1. The van der Waals surface area contributed by atoms with Gasteiger partial charge in [-0.2, -0.15) is 5.26 Å². The van der Waals surface area contributed by atoms with E-state index in [-0.39, 0.29) is 0 Å². The van der Waals surface area contributed by atoms with Crippen LogP contribution < -0.4 is 4.90 Å². The molecule has 0 spiro atoms. The van der Waals surface area contributed by atoms with E-state index in [1.54, 1.807) is 0 Å². The number of quaternary nitrogens is 1. The fourth-order valence-corrected chi connectivity index (χ4v) is 0.521. The van der Waals surface area contributed by atoms with Gasteiger partial charge in [0.2, 0.25) is 0 Å². The highest BCUT2D eigenvalue weighted by Crippen LogP contribution is 1.77. The lowest BCUT2D eigenvalue weighted by Gasteiger charge is -2.02. The lowest BCUT2D eigenvalue weighted by molar-refractivity contribution is -0.858. The molecule has 8 heavy (non-hydrogen) atoms. The second-order valence-corrected chi connectivity index (χ2v) is 2.22. The normalized spacial score (nSPS) is 9.25. The van der Waals surface area contributed by atoms with Crippen LogP contribution in [0.15, 0.2) is 0 Å².